The first-order valence-corrected chi connectivity index (χ1v) is 11.5. The first-order valence-electron chi connectivity index (χ1n) is 11.5. The number of ketones is 1. The number of carboxylic acids is 1. The number of methoxy groups -OCH3 is 1. The zero-order valence-corrected chi connectivity index (χ0v) is 20.7. The van der Waals surface area contributed by atoms with Gasteiger partial charge in [0.2, 0.25) is 0 Å². The highest BCUT2D eigenvalue weighted by Crippen LogP contribution is 2.34. The average Bonchev–Trinajstić information content (AvgIpc) is 3.13. The van der Waals surface area contributed by atoms with Crippen molar-refractivity contribution in [2.75, 3.05) is 7.11 Å². The normalized spacial score (nSPS) is 12.3. The van der Waals surface area contributed by atoms with Crippen LogP contribution < -0.4 is 14.2 Å². The lowest BCUT2D eigenvalue weighted by molar-refractivity contribution is -0.274. The third kappa shape index (κ3) is 5.74. The summed E-state index contributed by atoms with van der Waals surface area (Å²) in [6, 6.07) is 17.1. The predicted molar refractivity (Wildman–Crippen MR) is 133 cm³/mol. The number of aliphatic carboxylic acids is 1. The molecule has 0 aliphatic rings. The Bertz CT molecular complexity index is 1490. The van der Waals surface area contributed by atoms with Gasteiger partial charge in [-0.25, -0.2) is 4.79 Å². The highest BCUT2D eigenvalue weighted by atomic mass is 19.4. The molecule has 0 unspecified atom stereocenters. The van der Waals surface area contributed by atoms with Crippen molar-refractivity contribution in [2.45, 2.75) is 32.9 Å². The van der Waals surface area contributed by atoms with Crippen molar-refractivity contribution >= 4 is 22.7 Å². The van der Waals surface area contributed by atoms with Gasteiger partial charge in [-0.3, -0.25) is 4.79 Å². The van der Waals surface area contributed by atoms with E-state index in [0.29, 0.717) is 33.7 Å². The number of alkyl halides is 3. The van der Waals surface area contributed by atoms with Crippen LogP contribution in [-0.2, 0) is 11.3 Å². The fourth-order valence-corrected chi connectivity index (χ4v) is 4.19. The third-order valence-electron chi connectivity index (χ3n) is 6.01. The minimum Gasteiger partial charge on any atom is -0.497 e. The Kier molecular flexibility index (Phi) is 7.34. The van der Waals surface area contributed by atoms with Crippen molar-refractivity contribution in [3.63, 3.8) is 0 Å². The van der Waals surface area contributed by atoms with E-state index < -0.39 is 24.2 Å². The minimum absolute atomic E-state index is 0.240. The van der Waals surface area contributed by atoms with Gasteiger partial charge in [0.25, 0.3) is 0 Å². The standard InChI is InChI=1S/C28H24F3NO6/c1-16-25(26(33)19-7-9-20(36-3)10-8-19)23-14-22(38-28(29,30)31)11-12-24(23)32(16)15-18-5-4-6-21(13-18)37-17(2)27(34)35/h4-14,17H,15H2,1-3H3,(H,34,35)/t17-/m0/s1. The Labute approximate surface area is 216 Å². The summed E-state index contributed by atoms with van der Waals surface area (Å²) in [6.45, 7) is 3.38. The van der Waals surface area contributed by atoms with Crippen LogP contribution in [-0.4, -0.2) is 41.0 Å². The number of hydrogen-bond acceptors (Lipinski definition) is 5. The summed E-state index contributed by atoms with van der Waals surface area (Å²) in [5.41, 5.74) is 2.38. The second-order valence-electron chi connectivity index (χ2n) is 8.58. The lowest BCUT2D eigenvalue weighted by Crippen LogP contribution is -2.22. The number of hydrogen-bond donors (Lipinski definition) is 1. The van der Waals surface area contributed by atoms with Crippen molar-refractivity contribution < 1.29 is 42.1 Å². The number of carboxylic acid groups (broad SMARTS) is 1. The van der Waals surface area contributed by atoms with Crippen molar-refractivity contribution in [3.8, 4) is 17.2 Å². The van der Waals surface area contributed by atoms with Crippen molar-refractivity contribution in [3.05, 3.63) is 89.1 Å². The molecule has 4 aromatic rings. The van der Waals surface area contributed by atoms with Gasteiger partial charge in [-0.1, -0.05) is 12.1 Å². The van der Waals surface area contributed by atoms with Crippen LogP contribution in [0.4, 0.5) is 13.2 Å². The Hall–Kier alpha value is -4.47. The lowest BCUT2D eigenvalue weighted by atomic mass is 10.0. The number of nitrogens with zero attached hydrogens (tertiary/aromatic N) is 1. The fourth-order valence-electron chi connectivity index (χ4n) is 4.19. The number of benzene rings is 3. The molecule has 0 amide bonds. The van der Waals surface area contributed by atoms with Crippen molar-refractivity contribution in [2.24, 2.45) is 0 Å². The quantitative estimate of drug-likeness (QED) is 0.269. The molecule has 1 aromatic heterocycles. The van der Waals surface area contributed by atoms with E-state index in [1.54, 1.807) is 55.5 Å². The molecule has 0 saturated heterocycles. The largest absolute Gasteiger partial charge is 0.573 e. The van der Waals surface area contributed by atoms with E-state index in [-0.39, 0.29) is 17.9 Å². The Morgan fingerprint density at radius 3 is 2.29 bits per heavy atom. The Balaban J connectivity index is 1.80. The highest BCUT2D eigenvalue weighted by molar-refractivity contribution is 6.17. The third-order valence-corrected chi connectivity index (χ3v) is 6.01. The summed E-state index contributed by atoms with van der Waals surface area (Å²) < 4.78 is 55.3. The van der Waals surface area contributed by atoms with Gasteiger partial charge >= 0.3 is 12.3 Å². The summed E-state index contributed by atoms with van der Waals surface area (Å²) in [7, 11) is 1.50. The smallest absolute Gasteiger partial charge is 0.497 e. The van der Waals surface area contributed by atoms with Crippen LogP contribution in [0.5, 0.6) is 17.2 Å². The van der Waals surface area contributed by atoms with Crippen molar-refractivity contribution in [1.29, 1.82) is 0 Å². The summed E-state index contributed by atoms with van der Waals surface area (Å²) >= 11 is 0. The van der Waals surface area contributed by atoms with E-state index in [2.05, 4.69) is 4.74 Å². The first-order chi connectivity index (χ1) is 18.0. The van der Waals surface area contributed by atoms with Gasteiger partial charge in [-0.15, -0.1) is 13.2 Å². The van der Waals surface area contributed by atoms with E-state index in [0.717, 1.165) is 5.56 Å². The maximum absolute atomic E-state index is 13.6. The first kappa shape index (κ1) is 26.6. The Morgan fingerprint density at radius 2 is 1.66 bits per heavy atom. The Morgan fingerprint density at radius 1 is 0.974 bits per heavy atom. The molecule has 198 valence electrons. The van der Waals surface area contributed by atoms with Gasteiger partial charge in [0.1, 0.15) is 17.2 Å². The molecule has 0 aliphatic heterocycles. The van der Waals surface area contributed by atoms with Gasteiger partial charge in [0.15, 0.2) is 11.9 Å². The molecular formula is C28H24F3NO6. The molecular weight excluding hydrogens is 503 g/mol. The molecule has 1 N–H and O–H groups in total. The highest BCUT2D eigenvalue weighted by Gasteiger charge is 2.32. The number of carbonyl (C=O) groups is 2. The van der Waals surface area contributed by atoms with E-state index in [9.17, 15) is 22.8 Å². The minimum atomic E-state index is -4.89. The fraction of sp³-hybridized carbons (Fsp3) is 0.214. The molecule has 0 aliphatic carbocycles. The number of carbonyl (C=O) groups excluding carboxylic acids is 1. The van der Waals surface area contributed by atoms with E-state index in [1.807, 2.05) is 4.57 Å². The number of rotatable bonds is 9. The topological polar surface area (TPSA) is 87.0 Å². The average molecular weight is 527 g/mol. The van der Waals surface area contributed by atoms with Crippen molar-refractivity contribution in [1.82, 2.24) is 4.57 Å². The van der Waals surface area contributed by atoms with Gasteiger partial charge < -0.3 is 23.9 Å². The maximum Gasteiger partial charge on any atom is 0.573 e. The van der Waals surface area contributed by atoms with E-state index in [4.69, 9.17) is 14.6 Å². The molecule has 0 radical (unpaired) electrons. The monoisotopic (exact) mass is 527 g/mol. The number of fused-ring (bicyclic) bond motifs is 1. The molecule has 0 spiro atoms. The number of ether oxygens (including phenoxy) is 3. The molecule has 1 atom stereocenters. The molecule has 10 heteroatoms. The van der Waals surface area contributed by atoms with Crippen LogP contribution in [0, 0.1) is 6.92 Å². The number of halogens is 3. The van der Waals surface area contributed by atoms with E-state index >= 15 is 0 Å². The summed E-state index contributed by atoms with van der Waals surface area (Å²) in [5, 5.41) is 9.43. The number of aromatic nitrogens is 1. The van der Waals surface area contributed by atoms with Gasteiger partial charge in [-0.05, 0) is 74.0 Å². The second kappa shape index (κ2) is 10.5. The molecule has 0 bridgehead atoms. The SMILES string of the molecule is COc1ccc(C(=O)c2c(C)n(Cc3cccc(O[C@@H](C)C(=O)O)c3)c3ccc(OC(F)(F)F)cc23)cc1. The predicted octanol–water partition coefficient (Wildman–Crippen LogP) is 5.99. The maximum atomic E-state index is 13.6. The molecule has 0 saturated carbocycles. The van der Waals surface area contributed by atoms with Crippen LogP contribution in [0.25, 0.3) is 10.9 Å². The van der Waals surface area contributed by atoms with Gasteiger partial charge in [0, 0.05) is 28.7 Å². The molecule has 7 nitrogen and oxygen atoms in total. The van der Waals surface area contributed by atoms with Gasteiger partial charge in [0.05, 0.1) is 12.7 Å². The molecule has 1 heterocycles. The second-order valence-corrected chi connectivity index (χ2v) is 8.58. The molecule has 38 heavy (non-hydrogen) atoms. The van der Waals surface area contributed by atoms with Crippen LogP contribution in [0.15, 0.2) is 66.7 Å². The summed E-state index contributed by atoms with van der Waals surface area (Å²) in [6.07, 6.45) is -5.95. The van der Waals surface area contributed by atoms with E-state index in [1.165, 1.54) is 32.2 Å². The zero-order valence-electron chi connectivity index (χ0n) is 20.7. The molecule has 3 aromatic carbocycles. The molecule has 0 fully saturated rings. The van der Waals surface area contributed by atoms with Crippen LogP contribution >= 0.6 is 0 Å². The summed E-state index contributed by atoms with van der Waals surface area (Å²) in [5.74, 6) is -1.02. The summed E-state index contributed by atoms with van der Waals surface area (Å²) in [4.78, 5) is 24.7. The van der Waals surface area contributed by atoms with Crippen LogP contribution in [0.2, 0.25) is 0 Å². The van der Waals surface area contributed by atoms with Gasteiger partial charge in [-0.2, -0.15) is 0 Å². The van der Waals surface area contributed by atoms with Crippen LogP contribution in [0.1, 0.15) is 34.1 Å². The zero-order chi connectivity index (χ0) is 27.6. The molecule has 4 rings (SSSR count). The van der Waals surface area contributed by atoms with Crippen LogP contribution in [0.3, 0.4) is 0 Å². The lowest BCUT2D eigenvalue weighted by Gasteiger charge is -2.13.